The first kappa shape index (κ1) is 25.0. The molecule has 1 aromatic carbocycles. The maximum atomic E-state index is 12.4. The largest absolute Gasteiger partial charge is 0.481 e. The second-order valence-electron chi connectivity index (χ2n) is 7.86. The predicted molar refractivity (Wildman–Crippen MR) is 126 cm³/mol. The van der Waals surface area contributed by atoms with Gasteiger partial charge in [0, 0.05) is 30.8 Å². The number of H-pyrrole nitrogens is 1. The molecule has 0 aliphatic carbocycles. The van der Waals surface area contributed by atoms with Crippen molar-refractivity contribution in [3.05, 3.63) is 40.2 Å². The molecule has 14 heteroatoms. The third-order valence-electron chi connectivity index (χ3n) is 5.65. The summed E-state index contributed by atoms with van der Waals surface area (Å²) in [6.07, 6.45) is -0.583. The number of carboxylic acids is 2. The number of benzene rings is 1. The molecule has 0 radical (unpaired) electrons. The maximum absolute atomic E-state index is 12.4. The van der Waals surface area contributed by atoms with Crippen LogP contribution in [0.4, 0.5) is 23.1 Å². The van der Waals surface area contributed by atoms with Crippen molar-refractivity contribution in [2.24, 2.45) is 0 Å². The smallest absolute Gasteiger partial charge is 0.326 e. The summed E-state index contributed by atoms with van der Waals surface area (Å²) < 4.78 is 0. The number of nitrogens with zero attached hydrogens (tertiary/aromatic N) is 3. The molecule has 3 heterocycles. The Morgan fingerprint density at radius 1 is 1.23 bits per heavy atom. The van der Waals surface area contributed by atoms with Crippen molar-refractivity contribution >= 4 is 47.8 Å². The zero-order valence-electron chi connectivity index (χ0n) is 18.6. The minimum atomic E-state index is -1.30. The van der Waals surface area contributed by atoms with Crippen LogP contribution in [0.3, 0.4) is 0 Å². The molecular weight excluding hydrogens is 462 g/mol. The predicted octanol–water partition coefficient (Wildman–Crippen LogP) is -0.707. The van der Waals surface area contributed by atoms with Crippen LogP contribution < -0.4 is 31.7 Å². The van der Waals surface area contributed by atoms with E-state index in [-0.39, 0.29) is 36.0 Å². The molecule has 186 valence electrons. The van der Waals surface area contributed by atoms with Crippen LogP contribution >= 0.6 is 0 Å². The number of carbonyl (C=O) groups is 4. The van der Waals surface area contributed by atoms with Crippen LogP contribution in [0.2, 0.25) is 0 Å². The number of aliphatic carboxylic acids is 2. The number of hydrogen-bond acceptors (Lipinski definition) is 10. The van der Waals surface area contributed by atoms with Crippen molar-refractivity contribution in [3.63, 3.8) is 0 Å². The van der Waals surface area contributed by atoms with Crippen molar-refractivity contribution in [1.82, 2.24) is 15.3 Å². The number of hydrogen-bond donors (Lipinski definition) is 6. The van der Waals surface area contributed by atoms with E-state index in [4.69, 9.17) is 15.6 Å². The maximum Gasteiger partial charge on any atom is 0.326 e. The van der Waals surface area contributed by atoms with Crippen LogP contribution in [0, 0.1) is 0 Å². The van der Waals surface area contributed by atoms with Gasteiger partial charge in [-0.1, -0.05) is 0 Å². The average Bonchev–Trinajstić information content (AvgIpc) is 3.26. The van der Waals surface area contributed by atoms with Crippen LogP contribution in [-0.2, 0) is 14.4 Å². The number of carbonyl (C=O) groups excluding carboxylic acids is 2. The molecule has 1 amide bonds. The molecule has 0 saturated carbocycles. The van der Waals surface area contributed by atoms with Crippen LogP contribution in [0.25, 0.3) is 0 Å². The molecule has 1 aromatic heterocycles. The number of anilines is 4. The Balaban J connectivity index is 0.00000167. The standard InChI is InChI=1S/C20H23N7O6.CH2O/c21-20-24-16-15(18(31)25-20)27-9-26(8-12(27)7-22-16)11-3-1-10(2-4-11)17(30)23-13(19(32)33)5-6-14(28)29;1-2/h1-4,12-13H,5-9H2,(H,23,30)(H,28,29)(H,32,33)(H4,21,22,24,25,31);1H2/t12?,13-;/m0./s1. The van der Waals surface area contributed by atoms with Gasteiger partial charge in [-0.2, -0.15) is 4.98 Å². The molecule has 7 N–H and O–H groups in total. The summed E-state index contributed by atoms with van der Waals surface area (Å²) >= 11 is 0. The minimum absolute atomic E-state index is 0.0394. The highest BCUT2D eigenvalue weighted by molar-refractivity contribution is 5.97. The fraction of sp³-hybridized carbons (Fsp3) is 0.333. The molecule has 35 heavy (non-hydrogen) atoms. The van der Waals surface area contributed by atoms with Crippen molar-refractivity contribution in [1.29, 1.82) is 0 Å². The Bertz CT molecular complexity index is 1170. The van der Waals surface area contributed by atoms with Gasteiger partial charge in [-0.05, 0) is 30.7 Å². The number of aromatic nitrogens is 2. The molecule has 2 atom stereocenters. The summed E-state index contributed by atoms with van der Waals surface area (Å²) in [6.45, 7) is 3.67. The van der Waals surface area contributed by atoms with E-state index >= 15 is 0 Å². The topological polar surface area (TPSA) is 211 Å². The van der Waals surface area contributed by atoms with E-state index in [0.29, 0.717) is 31.3 Å². The van der Waals surface area contributed by atoms with Crippen LogP contribution in [0.15, 0.2) is 29.1 Å². The lowest BCUT2D eigenvalue weighted by Gasteiger charge is -2.31. The van der Waals surface area contributed by atoms with E-state index in [1.54, 1.807) is 24.3 Å². The Labute approximate surface area is 198 Å². The van der Waals surface area contributed by atoms with E-state index in [0.717, 1.165) is 5.69 Å². The summed E-state index contributed by atoms with van der Waals surface area (Å²) in [5, 5.41) is 23.4. The van der Waals surface area contributed by atoms with Crippen molar-refractivity contribution in [2.45, 2.75) is 24.9 Å². The van der Waals surface area contributed by atoms with Crippen molar-refractivity contribution in [3.8, 4) is 0 Å². The molecule has 4 rings (SSSR count). The minimum Gasteiger partial charge on any atom is -0.481 e. The van der Waals surface area contributed by atoms with Gasteiger partial charge in [0.1, 0.15) is 18.5 Å². The van der Waals surface area contributed by atoms with Gasteiger partial charge in [0.15, 0.2) is 5.82 Å². The van der Waals surface area contributed by atoms with Gasteiger partial charge in [-0.25, -0.2) is 4.79 Å². The number of nitrogens with two attached hydrogens (primary N) is 1. The third-order valence-corrected chi connectivity index (χ3v) is 5.65. The Kier molecular flexibility index (Phi) is 7.53. The van der Waals surface area contributed by atoms with E-state index in [1.165, 1.54) is 0 Å². The van der Waals surface area contributed by atoms with Crippen molar-refractivity contribution < 1.29 is 29.4 Å². The summed E-state index contributed by atoms with van der Waals surface area (Å²) in [6, 6.07) is 5.35. The first-order valence-corrected chi connectivity index (χ1v) is 10.5. The van der Waals surface area contributed by atoms with Gasteiger partial charge in [0.25, 0.3) is 11.5 Å². The Morgan fingerprint density at radius 2 is 1.91 bits per heavy atom. The van der Waals surface area contributed by atoms with E-state index in [1.807, 2.05) is 16.6 Å². The van der Waals surface area contributed by atoms with Gasteiger partial charge in [-0.3, -0.25) is 19.4 Å². The van der Waals surface area contributed by atoms with Gasteiger partial charge in [0.2, 0.25) is 5.95 Å². The SMILES string of the molecule is C=O.Nc1nc2c(c(=O)[nH]1)N1CN(c3ccc(C(=O)N[C@@H](CCC(=O)O)C(=O)O)cc3)CC1CN2. The summed E-state index contributed by atoms with van der Waals surface area (Å²) in [5.41, 5.74) is 6.81. The lowest BCUT2D eigenvalue weighted by atomic mass is 10.1. The molecule has 0 spiro atoms. The average molecular weight is 487 g/mol. The van der Waals surface area contributed by atoms with Gasteiger partial charge < -0.3 is 41.2 Å². The van der Waals surface area contributed by atoms with Gasteiger partial charge in [-0.15, -0.1) is 0 Å². The monoisotopic (exact) mass is 487 g/mol. The number of nitrogen functional groups attached to an aromatic ring is 1. The number of carboxylic acid groups (broad SMARTS) is 2. The molecule has 1 saturated heterocycles. The quantitative estimate of drug-likeness (QED) is 0.286. The Morgan fingerprint density at radius 3 is 2.54 bits per heavy atom. The van der Waals surface area contributed by atoms with E-state index in [2.05, 4.69) is 20.6 Å². The van der Waals surface area contributed by atoms with Crippen molar-refractivity contribution in [2.75, 3.05) is 40.6 Å². The highest BCUT2D eigenvalue weighted by atomic mass is 16.4. The molecule has 2 aliphatic heterocycles. The van der Waals surface area contributed by atoms with Crippen LogP contribution in [0.5, 0.6) is 0 Å². The Hall–Kier alpha value is -4.62. The number of fused-ring (bicyclic) bond motifs is 3. The number of amides is 1. The lowest BCUT2D eigenvalue weighted by Crippen LogP contribution is -2.44. The second kappa shape index (κ2) is 10.5. The number of rotatable bonds is 7. The summed E-state index contributed by atoms with van der Waals surface area (Å²) in [4.78, 5) is 65.5. The highest BCUT2D eigenvalue weighted by Crippen LogP contribution is 2.32. The number of aromatic amines is 1. The fourth-order valence-electron chi connectivity index (χ4n) is 4.00. The first-order chi connectivity index (χ1) is 16.7. The molecule has 0 bridgehead atoms. The van der Waals surface area contributed by atoms with Gasteiger partial charge in [0.05, 0.1) is 12.7 Å². The van der Waals surface area contributed by atoms with Crippen LogP contribution in [-0.4, -0.2) is 76.7 Å². The fourth-order valence-corrected chi connectivity index (χ4v) is 4.00. The lowest BCUT2D eigenvalue weighted by molar-refractivity contribution is -0.140. The zero-order valence-corrected chi connectivity index (χ0v) is 18.6. The molecule has 2 aromatic rings. The molecular formula is C21H25N7O7. The zero-order chi connectivity index (χ0) is 25.7. The molecule has 1 fully saturated rings. The first-order valence-electron chi connectivity index (χ1n) is 10.5. The number of nitrogens with one attached hydrogen (secondary N) is 3. The van der Waals surface area contributed by atoms with E-state index < -0.39 is 23.9 Å². The third kappa shape index (κ3) is 5.48. The molecule has 14 nitrogen and oxygen atoms in total. The normalized spacial score (nSPS) is 16.6. The molecule has 1 unspecified atom stereocenters. The van der Waals surface area contributed by atoms with Gasteiger partial charge >= 0.3 is 11.9 Å². The summed E-state index contributed by atoms with van der Waals surface area (Å²) in [5.74, 6) is -2.55. The highest BCUT2D eigenvalue weighted by Gasteiger charge is 2.37. The van der Waals surface area contributed by atoms with E-state index in [9.17, 15) is 24.3 Å². The molecule has 2 aliphatic rings. The van der Waals surface area contributed by atoms with Crippen LogP contribution in [0.1, 0.15) is 23.2 Å². The second-order valence-corrected chi connectivity index (χ2v) is 7.86. The summed E-state index contributed by atoms with van der Waals surface area (Å²) in [7, 11) is 0.